The van der Waals surface area contributed by atoms with Gasteiger partial charge < -0.3 is 10.4 Å². The molecule has 1 saturated heterocycles. The highest BCUT2D eigenvalue weighted by Crippen LogP contribution is 2.29. The Hall–Kier alpha value is -0.590. The number of benzene rings is 1. The highest BCUT2D eigenvalue weighted by molar-refractivity contribution is 9.10. The van der Waals surface area contributed by atoms with Crippen LogP contribution in [0.25, 0.3) is 0 Å². The number of thioether (sulfide) groups is 1. The Bertz CT molecular complexity index is 463. The Morgan fingerprint density at radius 3 is 2.72 bits per heavy atom. The van der Waals surface area contributed by atoms with Gasteiger partial charge in [-0.1, -0.05) is 15.9 Å². The number of hydrogen-bond donors (Lipinski definition) is 2. The number of anilines is 1. The van der Waals surface area contributed by atoms with Gasteiger partial charge in [-0.05, 0) is 42.5 Å². The highest BCUT2D eigenvalue weighted by atomic mass is 79.9. The number of carbonyl (C=O) groups excluding carboxylic acids is 1. The van der Waals surface area contributed by atoms with Crippen molar-refractivity contribution in [1.29, 1.82) is 0 Å². The molecule has 18 heavy (non-hydrogen) atoms. The predicted molar refractivity (Wildman–Crippen MR) is 74.2 cm³/mol. The van der Waals surface area contributed by atoms with Crippen molar-refractivity contribution >= 4 is 39.3 Å². The van der Waals surface area contributed by atoms with Gasteiger partial charge in [0.05, 0.1) is 5.69 Å². The van der Waals surface area contributed by atoms with Crippen molar-refractivity contribution in [1.82, 2.24) is 0 Å². The van der Waals surface area contributed by atoms with Crippen LogP contribution in [0.3, 0.4) is 0 Å². The Labute approximate surface area is 117 Å². The van der Waals surface area contributed by atoms with E-state index in [0.717, 1.165) is 11.5 Å². The third kappa shape index (κ3) is 3.05. The molecule has 98 valence electrons. The number of halogens is 2. The van der Waals surface area contributed by atoms with Crippen LogP contribution in [0, 0.1) is 5.82 Å². The molecular weight excluding hydrogens is 321 g/mol. The van der Waals surface area contributed by atoms with Crippen molar-refractivity contribution in [3.05, 3.63) is 28.5 Å². The first kappa shape index (κ1) is 13.8. The van der Waals surface area contributed by atoms with Gasteiger partial charge in [-0.25, -0.2) is 4.39 Å². The topological polar surface area (TPSA) is 49.3 Å². The quantitative estimate of drug-likeness (QED) is 0.874. The number of rotatable bonds is 2. The summed E-state index contributed by atoms with van der Waals surface area (Å²) < 4.78 is 14.2. The van der Waals surface area contributed by atoms with Gasteiger partial charge in [0.2, 0.25) is 0 Å². The summed E-state index contributed by atoms with van der Waals surface area (Å²) >= 11 is 4.85. The molecule has 1 amide bonds. The fourth-order valence-corrected chi connectivity index (χ4v) is 3.27. The number of amides is 1. The average molecular weight is 334 g/mol. The van der Waals surface area contributed by atoms with Gasteiger partial charge >= 0.3 is 0 Å². The lowest BCUT2D eigenvalue weighted by Crippen LogP contribution is -2.45. The normalized spacial score (nSPS) is 18.4. The van der Waals surface area contributed by atoms with E-state index < -0.39 is 17.3 Å². The minimum Gasteiger partial charge on any atom is -0.380 e. The van der Waals surface area contributed by atoms with E-state index in [-0.39, 0.29) is 5.69 Å². The van der Waals surface area contributed by atoms with E-state index in [2.05, 4.69) is 21.2 Å². The molecule has 1 aliphatic rings. The maximum atomic E-state index is 13.6. The molecule has 0 saturated carbocycles. The van der Waals surface area contributed by atoms with E-state index in [0.29, 0.717) is 17.3 Å². The molecule has 1 heterocycles. The van der Waals surface area contributed by atoms with Gasteiger partial charge in [-0.3, -0.25) is 4.79 Å². The minimum atomic E-state index is -1.37. The van der Waals surface area contributed by atoms with Crippen LogP contribution in [0.1, 0.15) is 12.8 Å². The first-order valence-electron chi connectivity index (χ1n) is 5.58. The van der Waals surface area contributed by atoms with Crippen molar-refractivity contribution < 1.29 is 14.3 Å². The second-order valence-electron chi connectivity index (χ2n) is 4.22. The Morgan fingerprint density at radius 1 is 1.44 bits per heavy atom. The third-order valence-electron chi connectivity index (χ3n) is 2.92. The van der Waals surface area contributed by atoms with E-state index >= 15 is 0 Å². The zero-order valence-electron chi connectivity index (χ0n) is 9.58. The summed E-state index contributed by atoms with van der Waals surface area (Å²) in [5.41, 5.74) is -1.28. The molecule has 0 radical (unpaired) electrons. The molecule has 6 heteroatoms. The molecule has 1 fully saturated rings. The highest BCUT2D eigenvalue weighted by Gasteiger charge is 2.37. The first-order valence-corrected chi connectivity index (χ1v) is 7.53. The van der Waals surface area contributed by atoms with Crippen LogP contribution in [-0.2, 0) is 4.79 Å². The molecular formula is C12H13BrFNO2S. The van der Waals surface area contributed by atoms with E-state index in [9.17, 15) is 14.3 Å². The van der Waals surface area contributed by atoms with Gasteiger partial charge in [0.25, 0.3) is 5.91 Å². The lowest BCUT2D eigenvalue weighted by molar-refractivity contribution is -0.134. The van der Waals surface area contributed by atoms with Crippen LogP contribution in [0.4, 0.5) is 10.1 Å². The Balaban J connectivity index is 2.11. The van der Waals surface area contributed by atoms with E-state index in [1.165, 1.54) is 12.1 Å². The minimum absolute atomic E-state index is 0.0925. The van der Waals surface area contributed by atoms with Crippen LogP contribution in [0.15, 0.2) is 22.7 Å². The Kier molecular flexibility index (Phi) is 4.29. The predicted octanol–water partition coefficient (Wildman–Crippen LogP) is 2.78. The summed E-state index contributed by atoms with van der Waals surface area (Å²) in [6.45, 7) is 0. The summed E-state index contributed by atoms with van der Waals surface area (Å²) in [4.78, 5) is 12.0. The van der Waals surface area contributed by atoms with Crippen LogP contribution < -0.4 is 5.32 Å². The standard InChI is InChI=1S/C12H13BrFNO2S/c13-8-1-2-10(9(14)7-8)15-11(16)12(17)3-5-18-6-4-12/h1-2,7,17H,3-6H2,(H,15,16). The Morgan fingerprint density at radius 2 is 2.11 bits per heavy atom. The molecule has 0 aliphatic carbocycles. The largest absolute Gasteiger partial charge is 0.380 e. The van der Waals surface area contributed by atoms with Crippen molar-refractivity contribution in [3.63, 3.8) is 0 Å². The van der Waals surface area contributed by atoms with E-state index in [4.69, 9.17) is 0 Å². The molecule has 0 atom stereocenters. The molecule has 2 rings (SSSR count). The van der Waals surface area contributed by atoms with Crippen LogP contribution in [0.2, 0.25) is 0 Å². The van der Waals surface area contributed by atoms with Gasteiger partial charge in [-0.15, -0.1) is 0 Å². The number of nitrogens with one attached hydrogen (secondary N) is 1. The molecule has 2 N–H and O–H groups in total. The molecule has 1 aliphatic heterocycles. The van der Waals surface area contributed by atoms with E-state index in [1.54, 1.807) is 17.8 Å². The average Bonchev–Trinajstić information content (AvgIpc) is 2.33. The zero-order chi connectivity index (χ0) is 13.2. The van der Waals surface area contributed by atoms with Crippen LogP contribution in [0.5, 0.6) is 0 Å². The summed E-state index contributed by atoms with van der Waals surface area (Å²) in [5, 5.41) is 12.6. The fourth-order valence-electron chi connectivity index (χ4n) is 1.77. The van der Waals surface area contributed by atoms with Gasteiger partial charge in [0, 0.05) is 4.47 Å². The SMILES string of the molecule is O=C(Nc1ccc(Br)cc1F)C1(O)CCSCC1. The summed E-state index contributed by atoms with van der Waals surface area (Å²) in [6.07, 6.45) is 0.809. The van der Waals surface area contributed by atoms with Crippen molar-refractivity contribution in [2.75, 3.05) is 16.8 Å². The molecule has 0 aromatic heterocycles. The molecule has 0 bridgehead atoms. The summed E-state index contributed by atoms with van der Waals surface area (Å²) in [5.74, 6) is 0.440. The van der Waals surface area contributed by atoms with E-state index in [1.807, 2.05) is 0 Å². The lowest BCUT2D eigenvalue weighted by atomic mass is 9.95. The zero-order valence-corrected chi connectivity index (χ0v) is 12.0. The van der Waals surface area contributed by atoms with Crippen molar-refractivity contribution in [2.24, 2.45) is 0 Å². The van der Waals surface area contributed by atoms with Crippen LogP contribution >= 0.6 is 27.7 Å². The van der Waals surface area contributed by atoms with Crippen molar-refractivity contribution in [3.8, 4) is 0 Å². The first-order chi connectivity index (χ1) is 8.51. The monoisotopic (exact) mass is 333 g/mol. The maximum Gasteiger partial charge on any atom is 0.256 e. The third-order valence-corrected chi connectivity index (χ3v) is 4.40. The van der Waals surface area contributed by atoms with Gasteiger partial charge in [0.1, 0.15) is 11.4 Å². The van der Waals surface area contributed by atoms with Gasteiger partial charge in [0.15, 0.2) is 0 Å². The van der Waals surface area contributed by atoms with Gasteiger partial charge in [-0.2, -0.15) is 11.8 Å². The van der Waals surface area contributed by atoms with Crippen molar-refractivity contribution in [2.45, 2.75) is 18.4 Å². The number of carbonyl (C=O) groups is 1. The fraction of sp³-hybridized carbons (Fsp3) is 0.417. The number of hydrogen-bond acceptors (Lipinski definition) is 3. The van der Waals surface area contributed by atoms with Crippen LogP contribution in [-0.4, -0.2) is 28.1 Å². The molecule has 1 aromatic carbocycles. The molecule has 0 spiro atoms. The maximum absolute atomic E-state index is 13.6. The number of aliphatic hydroxyl groups is 1. The lowest BCUT2D eigenvalue weighted by Gasteiger charge is -2.30. The second kappa shape index (κ2) is 5.59. The molecule has 3 nitrogen and oxygen atoms in total. The molecule has 0 unspecified atom stereocenters. The summed E-state index contributed by atoms with van der Waals surface area (Å²) in [6, 6.07) is 4.38. The second-order valence-corrected chi connectivity index (χ2v) is 6.36. The summed E-state index contributed by atoms with van der Waals surface area (Å²) in [7, 11) is 0. The molecule has 1 aromatic rings. The smallest absolute Gasteiger partial charge is 0.256 e.